The Kier molecular flexibility index (Phi) is 3.46. The maximum atomic E-state index is 10.7. The molecule has 0 aliphatic carbocycles. The molecular weight excluding hydrogens is 250 g/mol. The van der Waals surface area contributed by atoms with Gasteiger partial charge in [0.05, 0.1) is 17.6 Å². The summed E-state index contributed by atoms with van der Waals surface area (Å²) in [6.45, 7) is 1.86. The van der Waals surface area contributed by atoms with E-state index in [1.54, 1.807) is 6.07 Å². The number of ether oxygens (including phenoxy) is 1. The Morgan fingerprint density at radius 1 is 1.57 bits per heavy atom. The summed E-state index contributed by atoms with van der Waals surface area (Å²) in [7, 11) is 1.50. The summed E-state index contributed by atoms with van der Waals surface area (Å²) >= 11 is 3.20. The zero-order valence-electron chi connectivity index (χ0n) is 7.91. The van der Waals surface area contributed by atoms with Crippen LogP contribution in [-0.4, -0.2) is 12.0 Å². The van der Waals surface area contributed by atoms with Crippen LogP contribution in [0.15, 0.2) is 16.6 Å². The van der Waals surface area contributed by atoms with E-state index in [1.165, 1.54) is 13.2 Å². The molecule has 1 rings (SSSR count). The van der Waals surface area contributed by atoms with Gasteiger partial charge in [-0.3, -0.25) is 10.1 Å². The number of rotatable bonds is 3. The smallest absolute Gasteiger partial charge is 0.277 e. The molecule has 0 bridgehead atoms. The largest absolute Gasteiger partial charge is 0.496 e. The van der Waals surface area contributed by atoms with Gasteiger partial charge in [-0.1, -0.05) is 22.9 Å². The average molecular weight is 260 g/mol. The Bertz CT molecular complexity index is 365. The van der Waals surface area contributed by atoms with Gasteiger partial charge < -0.3 is 4.74 Å². The van der Waals surface area contributed by atoms with Crippen LogP contribution in [0.1, 0.15) is 12.5 Å². The van der Waals surface area contributed by atoms with E-state index in [9.17, 15) is 10.1 Å². The maximum absolute atomic E-state index is 10.7. The van der Waals surface area contributed by atoms with E-state index in [0.717, 1.165) is 0 Å². The van der Waals surface area contributed by atoms with Crippen molar-refractivity contribution in [1.82, 2.24) is 0 Å². The lowest BCUT2D eigenvalue weighted by Crippen LogP contribution is -1.98. The molecule has 76 valence electrons. The van der Waals surface area contributed by atoms with Crippen LogP contribution in [0, 0.1) is 10.1 Å². The molecule has 0 fully saturated rings. The van der Waals surface area contributed by atoms with Crippen molar-refractivity contribution in [3.05, 3.63) is 32.3 Å². The van der Waals surface area contributed by atoms with Gasteiger partial charge in [0.2, 0.25) is 0 Å². The Labute approximate surface area is 90.2 Å². The second-order valence-electron chi connectivity index (χ2n) is 2.72. The van der Waals surface area contributed by atoms with Crippen molar-refractivity contribution in [2.75, 3.05) is 7.11 Å². The van der Waals surface area contributed by atoms with Crippen molar-refractivity contribution >= 4 is 21.6 Å². The molecule has 0 heterocycles. The lowest BCUT2D eigenvalue weighted by atomic mass is 10.1. The third-order valence-corrected chi connectivity index (χ3v) is 2.38. The predicted octanol–water partition coefficient (Wildman–Crippen LogP) is 2.93. The first-order chi connectivity index (χ1) is 6.60. The topological polar surface area (TPSA) is 52.4 Å². The summed E-state index contributed by atoms with van der Waals surface area (Å²) in [5.41, 5.74) is 0.722. The van der Waals surface area contributed by atoms with E-state index in [2.05, 4.69) is 15.9 Å². The molecule has 0 atom stereocenters. The highest BCUT2D eigenvalue weighted by Gasteiger charge is 2.17. The number of nitro groups is 1. The van der Waals surface area contributed by atoms with E-state index >= 15 is 0 Å². The maximum Gasteiger partial charge on any atom is 0.277 e. The molecule has 5 heteroatoms. The van der Waals surface area contributed by atoms with Crippen LogP contribution in [0.5, 0.6) is 5.75 Å². The van der Waals surface area contributed by atoms with Gasteiger partial charge in [0.25, 0.3) is 5.69 Å². The van der Waals surface area contributed by atoms with Gasteiger partial charge in [-0.25, -0.2) is 0 Å². The summed E-state index contributed by atoms with van der Waals surface area (Å²) in [6, 6.07) is 3.22. The standard InChI is InChI=1S/C9H10BrNO3/c1-3-7-8(11(12)13)4-6(10)5-9(7)14-2/h4-5H,3H2,1-2H3. The van der Waals surface area contributed by atoms with Gasteiger partial charge in [0.1, 0.15) is 5.75 Å². The highest BCUT2D eigenvalue weighted by molar-refractivity contribution is 9.10. The molecule has 0 radical (unpaired) electrons. The highest BCUT2D eigenvalue weighted by atomic mass is 79.9. The van der Waals surface area contributed by atoms with E-state index < -0.39 is 4.92 Å². The minimum atomic E-state index is -0.397. The lowest BCUT2D eigenvalue weighted by molar-refractivity contribution is -0.385. The van der Waals surface area contributed by atoms with E-state index in [0.29, 0.717) is 22.2 Å². The predicted molar refractivity (Wildman–Crippen MR) is 56.7 cm³/mol. The summed E-state index contributed by atoms with van der Waals surface area (Å²) < 4.78 is 5.72. The Morgan fingerprint density at radius 2 is 2.21 bits per heavy atom. The molecule has 14 heavy (non-hydrogen) atoms. The molecule has 0 saturated heterocycles. The monoisotopic (exact) mass is 259 g/mol. The van der Waals surface area contributed by atoms with E-state index in [-0.39, 0.29) is 5.69 Å². The van der Waals surface area contributed by atoms with Crippen molar-refractivity contribution in [3.8, 4) is 5.75 Å². The van der Waals surface area contributed by atoms with Crippen molar-refractivity contribution < 1.29 is 9.66 Å². The minimum absolute atomic E-state index is 0.0960. The molecule has 4 nitrogen and oxygen atoms in total. The molecule has 0 saturated carbocycles. The van der Waals surface area contributed by atoms with Crippen LogP contribution in [0.3, 0.4) is 0 Å². The van der Waals surface area contributed by atoms with Crippen LogP contribution in [0.4, 0.5) is 5.69 Å². The van der Waals surface area contributed by atoms with Crippen molar-refractivity contribution in [2.24, 2.45) is 0 Å². The Morgan fingerprint density at radius 3 is 2.64 bits per heavy atom. The van der Waals surface area contributed by atoms with Gasteiger partial charge in [-0.05, 0) is 12.5 Å². The second kappa shape index (κ2) is 4.41. The molecule has 0 amide bonds. The normalized spacial score (nSPS) is 9.93. The fraction of sp³-hybridized carbons (Fsp3) is 0.333. The molecule has 0 aliphatic heterocycles. The van der Waals surface area contributed by atoms with Crippen molar-refractivity contribution in [2.45, 2.75) is 13.3 Å². The fourth-order valence-corrected chi connectivity index (χ4v) is 1.72. The number of methoxy groups -OCH3 is 1. The molecule has 0 spiro atoms. The van der Waals surface area contributed by atoms with E-state index in [4.69, 9.17) is 4.74 Å². The molecule has 0 aliphatic rings. The number of nitro benzene ring substituents is 1. The minimum Gasteiger partial charge on any atom is -0.496 e. The average Bonchev–Trinajstić information content (AvgIpc) is 2.16. The van der Waals surface area contributed by atoms with E-state index in [1.807, 2.05) is 6.92 Å². The van der Waals surface area contributed by atoms with Crippen LogP contribution in [-0.2, 0) is 6.42 Å². The number of halogens is 1. The van der Waals surface area contributed by atoms with Crippen LogP contribution in [0.2, 0.25) is 0 Å². The number of benzene rings is 1. The first-order valence-corrected chi connectivity index (χ1v) is 4.90. The summed E-state index contributed by atoms with van der Waals surface area (Å²) in [5, 5.41) is 10.7. The zero-order valence-corrected chi connectivity index (χ0v) is 9.50. The molecule has 1 aromatic carbocycles. The van der Waals surface area contributed by atoms with Crippen LogP contribution in [0.25, 0.3) is 0 Å². The number of hydrogen-bond acceptors (Lipinski definition) is 3. The number of hydrogen-bond donors (Lipinski definition) is 0. The highest BCUT2D eigenvalue weighted by Crippen LogP contribution is 2.32. The Balaban J connectivity index is 3.39. The molecular formula is C9H10BrNO3. The number of nitrogens with zero attached hydrogens (tertiary/aromatic N) is 1. The summed E-state index contributed by atoms with van der Waals surface area (Å²) in [4.78, 5) is 10.3. The fourth-order valence-electron chi connectivity index (χ4n) is 1.30. The van der Waals surface area contributed by atoms with Crippen molar-refractivity contribution in [1.29, 1.82) is 0 Å². The van der Waals surface area contributed by atoms with Gasteiger partial charge in [0, 0.05) is 10.5 Å². The van der Waals surface area contributed by atoms with Gasteiger partial charge in [-0.15, -0.1) is 0 Å². The molecule has 1 aromatic rings. The summed E-state index contributed by atoms with van der Waals surface area (Å²) in [6.07, 6.45) is 0.576. The first-order valence-electron chi connectivity index (χ1n) is 4.11. The van der Waals surface area contributed by atoms with Gasteiger partial charge in [-0.2, -0.15) is 0 Å². The SMILES string of the molecule is CCc1c(OC)cc(Br)cc1[N+](=O)[O-]. The zero-order chi connectivity index (χ0) is 10.7. The van der Waals surface area contributed by atoms with Crippen molar-refractivity contribution in [3.63, 3.8) is 0 Å². The molecule has 0 aromatic heterocycles. The van der Waals surface area contributed by atoms with Gasteiger partial charge >= 0.3 is 0 Å². The Hall–Kier alpha value is -1.10. The van der Waals surface area contributed by atoms with Crippen LogP contribution < -0.4 is 4.74 Å². The first kappa shape index (κ1) is 11.0. The lowest BCUT2D eigenvalue weighted by Gasteiger charge is -2.07. The van der Waals surface area contributed by atoms with Gasteiger partial charge in [0.15, 0.2) is 0 Å². The second-order valence-corrected chi connectivity index (χ2v) is 3.63. The molecule has 0 N–H and O–H groups in total. The van der Waals surface area contributed by atoms with Crippen LogP contribution >= 0.6 is 15.9 Å². The third-order valence-electron chi connectivity index (χ3n) is 1.92. The molecule has 0 unspecified atom stereocenters. The summed E-state index contributed by atoms with van der Waals surface area (Å²) in [5.74, 6) is 0.550. The quantitative estimate of drug-likeness (QED) is 0.620. The third kappa shape index (κ3) is 2.04.